The molecule has 2 amide bonds. The third-order valence-electron chi connectivity index (χ3n) is 6.55. The summed E-state index contributed by atoms with van der Waals surface area (Å²) in [6.45, 7) is 0.510. The van der Waals surface area contributed by atoms with Crippen LogP contribution in [0.3, 0.4) is 0 Å². The second-order valence-corrected chi connectivity index (χ2v) is 9.32. The molecule has 1 fully saturated rings. The van der Waals surface area contributed by atoms with Crippen molar-refractivity contribution in [3.8, 4) is 0 Å². The molecule has 38 heavy (non-hydrogen) atoms. The van der Waals surface area contributed by atoms with Crippen molar-refractivity contribution in [1.29, 1.82) is 0 Å². The second kappa shape index (κ2) is 10.4. The molecule has 0 radical (unpaired) electrons. The van der Waals surface area contributed by atoms with E-state index < -0.39 is 29.4 Å². The van der Waals surface area contributed by atoms with Crippen molar-refractivity contribution in [2.24, 2.45) is 0 Å². The highest BCUT2D eigenvalue weighted by Crippen LogP contribution is 2.33. The van der Waals surface area contributed by atoms with E-state index in [1.54, 1.807) is 17.0 Å². The second-order valence-electron chi connectivity index (χ2n) is 8.92. The van der Waals surface area contributed by atoms with Crippen LogP contribution in [0.1, 0.15) is 44.3 Å². The van der Waals surface area contributed by atoms with Gasteiger partial charge in [0.15, 0.2) is 0 Å². The zero-order chi connectivity index (χ0) is 26.9. The summed E-state index contributed by atoms with van der Waals surface area (Å²) in [4.78, 5) is 40.2. The fourth-order valence-corrected chi connectivity index (χ4v) is 5.00. The molecule has 7 nitrogen and oxygen atoms in total. The van der Waals surface area contributed by atoms with Gasteiger partial charge in [-0.3, -0.25) is 24.5 Å². The molecule has 2 aromatic heterocycles. The monoisotopic (exact) mass is 539 g/mol. The lowest BCUT2D eigenvalue weighted by Gasteiger charge is -2.39. The first-order valence-corrected chi connectivity index (χ1v) is 12.2. The largest absolute Gasteiger partial charge is 0.418 e. The molecule has 2 aromatic carbocycles. The van der Waals surface area contributed by atoms with Crippen molar-refractivity contribution in [2.45, 2.75) is 24.6 Å². The average molecular weight is 540 g/mol. The van der Waals surface area contributed by atoms with Crippen molar-refractivity contribution in [3.63, 3.8) is 0 Å². The van der Waals surface area contributed by atoms with Crippen molar-refractivity contribution in [1.82, 2.24) is 25.2 Å². The van der Waals surface area contributed by atoms with Gasteiger partial charge in [-0.15, -0.1) is 0 Å². The summed E-state index contributed by atoms with van der Waals surface area (Å²) >= 11 is 6.35. The minimum atomic E-state index is -4.72. The minimum Gasteiger partial charge on any atom is -0.347 e. The number of likely N-dealkylation sites (tertiary alicyclic amines) is 1. The number of amides is 2. The maximum absolute atomic E-state index is 13.5. The first kappa shape index (κ1) is 25.6. The summed E-state index contributed by atoms with van der Waals surface area (Å²) in [6.07, 6.45) is -0.216. The number of hydrogen-bond donors (Lipinski definition) is 1. The fraction of sp³-hybridized carbons (Fsp3) is 0.222. The van der Waals surface area contributed by atoms with Crippen LogP contribution in [0.4, 0.5) is 13.2 Å². The SMILES string of the molecule is O=C(N[C@@H]1CCN(C(=O)c2cc(Cl)c3nccnc3c2)C[C@@H]1c1ccccc1)c1ncccc1C(F)(F)F. The molecule has 0 spiro atoms. The van der Waals surface area contributed by atoms with Gasteiger partial charge < -0.3 is 10.2 Å². The normalized spacial score (nSPS) is 17.8. The quantitative estimate of drug-likeness (QED) is 0.389. The van der Waals surface area contributed by atoms with Crippen molar-refractivity contribution < 1.29 is 22.8 Å². The Balaban J connectivity index is 1.41. The molecule has 194 valence electrons. The van der Waals surface area contributed by atoms with Gasteiger partial charge in [0.2, 0.25) is 0 Å². The number of carbonyl (C=O) groups is 2. The van der Waals surface area contributed by atoms with Crippen LogP contribution in [0.2, 0.25) is 5.02 Å². The van der Waals surface area contributed by atoms with E-state index in [0.29, 0.717) is 28.0 Å². The smallest absolute Gasteiger partial charge is 0.347 e. The maximum Gasteiger partial charge on any atom is 0.418 e. The summed E-state index contributed by atoms with van der Waals surface area (Å²) in [5.74, 6) is -1.55. The van der Waals surface area contributed by atoms with Crippen LogP contribution in [0.5, 0.6) is 0 Å². The number of rotatable bonds is 4. The van der Waals surface area contributed by atoms with Crippen LogP contribution in [-0.4, -0.2) is 50.8 Å². The maximum atomic E-state index is 13.5. The first-order chi connectivity index (χ1) is 18.2. The molecule has 0 saturated carbocycles. The number of carbonyl (C=O) groups excluding carboxylic acids is 2. The van der Waals surface area contributed by atoms with Crippen LogP contribution in [0, 0.1) is 0 Å². The Bertz CT molecular complexity index is 1500. The van der Waals surface area contributed by atoms with E-state index in [2.05, 4.69) is 20.3 Å². The Morgan fingerprint density at radius 2 is 1.74 bits per heavy atom. The Morgan fingerprint density at radius 1 is 0.974 bits per heavy atom. The van der Waals surface area contributed by atoms with Crippen LogP contribution < -0.4 is 5.32 Å². The lowest BCUT2D eigenvalue weighted by atomic mass is 9.85. The molecule has 11 heteroatoms. The first-order valence-electron chi connectivity index (χ1n) is 11.8. The molecule has 0 aliphatic carbocycles. The van der Waals surface area contributed by atoms with Gasteiger partial charge >= 0.3 is 6.18 Å². The molecule has 0 bridgehead atoms. The standard InChI is InChI=1S/C27H21ClF3N5O2/c28-20-13-17(14-22-24(20)34-11-10-32-22)26(38)36-12-8-21(18(15-36)16-5-2-1-3-6-16)35-25(37)23-19(27(29,30)31)7-4-9-33-23/h1-7,9-11,13-14,18,21H,8,12,15H2,(H,35,37)/t18-,21-/m1/s1. The van der Waals surface area contributed by atoms with Gasteiger partial charge in [-0.25, -0.2) is 0 Å². The topological polar surface area (TPSA) is 88.1 Å². The zero-order valence-corrected chi connectivity index (χ0v) is 20.6. The van der Waals surface area contributed by atoms with Crippen LogP contribution in [0.25, 0.3) is 11.0 Å². The molecular weight excluding hydrogens is 519 g/mol. The molecule has 1 saturated heterocycles. The number of benzene rings is 2. The van der Waals surface area contributed by atoms with Crippen LogP contribution >= 0.6 is 11.6 Å². The summed E-state index contributed by atoms with van der Waals surface area (Å²) in [5, 5.41) is 3.05. The van der Waals surface area contributed by atoms with E-state index in [1.807, 2.05) is 30.3 Å². The van der Waals surface area contributed by atoms with E-state index in [1.165, 1.54) is 12.4 Å². The number of aromatic nitrogens is 3. The van der Waals surface area contributed by atoms with Crippen molar-refractivity contribution >= 4 is 34.4 Å². The molecule has 1 aliphatic rings. The number of alkyl halides is 3. The number of piperidine rings is 1. The lowest BCUT2D eigenvalue weighted by molar-refractivity contribution is -0.138. The Morgan fingerprint density at radius 3 is 2.50 bits per heavy atom. The van der Waals surface area contributed by atoms with Gasteiger partial charge in [0.1, 0.15) is 11.2 Å². The number of nitrogens with zero attached hydrogens (tertiary/aromatic N) is 4. The number of hydrogen-bond acceptors (Lipinski definition) is 5. The summed E-state index contributed by atoms with van der Waals surface area (Å²) in [7, 11) is 0. The van der Waals surface area contributed by atoms with Gasteiger partial charge in [0.25, 0.3) is 11.8 Å². The summed E-state index contributed by atoms with van der Waals surface area (Å²) in [5.41, 5.74) is 0.383. The number of halogens is 4. The van der Waals surface area contributed by atoms with Gasteiger partial charge in [-0.2, -0.15) is 13.2 Å². The zero-order valence-electron chi connectivity index (χ0n) is 19.8. The van der Waals surface area contributed by atoms with Crippen molar-refractivity contribution in [3.05, 3.63) is 101 Å². The Hall–Kier alpha value is -4.05. The molecule has 0 unspecified atom stereocenters. The highest BCUT2D eigenvalue weighted by atomic mass is 35.5. The third kappa shape index (κ3) is 5.17. The fourth-order valence-electron chi connectivity index (χ4n) is 4.74. The van der Waals surface area contributed by atoms with Gasteiger partial charge in [-0.1, -0.05) is 41.9 Å². The molecule has 4 aromatic rings. The molecular formula is C27H21ClF3N5O2. The average Bonchev–Trinajstić information content (AvgIpc) is 2.93. The van der Waals surface area contributed by atoms with E-state index >= 15 is 0 Å². The Kier molecular flexibility index (Phi) is 6.98. The number of pyridine rings is 1. The third-order valence-corrected chi connectivity index (χ3v) is 6.83. The van der Waals surface area contributed by atoms with Gasteiger partial charge in [-0.05, 0) is 36.2 Å². The molecule has 2 atom stereocenters. The number of nitrogens with one attached hydrogen (secondary N) is 1. The predicted molar refractivity (Wildman–Crippen MR) is 135 cm³/mol. The van der Waals surface area contributed by atoms with Crippen LogP contribution in [0.15, 0.2) is 73.2 Å². The summed E-state index contributed by atoms with van der Waals surface area (Å²) < 4.78 is 40.4. The predicted octanol–water partition coefficient (Wildman–Crippen LogP) is 5.13. The van der Waals surface area contributed by atoms with Crippen LogP contribution in [-0.2, 0) is 6.18 Å². The molecule has 3 heterocycles. The molecule has 5 rings (SSSR count). The number of fused-ring (bicyclic) bond motifs is 1. The molecule has 1 N–H and O–H groups in total. The van der Waals surface area contributed by atoms with Gasteiger partial charge in [0, 0.05) is 49.2 Å². The minimum absolute atomic E-state index is 0.234. The van der Waals surface area contributed by atoms with E-state index in [4.69, 9.17) is 11.6 Å². The summed E-state index contributed by atoms with van der Waals surface area (Å²) in [6, 6.07) is 13.8. The highest BCUT2D eigenvalue weighted by Gasteiger charge is 2.38. The Labute approximate surface area is 220 Å². The van der Waals surface area contributed by atoms with E-state index in [9.17, 15) is 22.8 Å². The van der Waals surface area contributed by atoms with Gasteiger partial charge in [0.05, 0.1) is 16.1 Å². The lowest BCUT2D eigenvalue weighted by Crippen LogP contribution is -2.51. The molecule has 1 aliphatic heterocycles. The van der Waals surface area contributed by atoms with E-state index in [-0.39, 0.29) is 24.9 Å². The highest BCUT2D eigenvalue weighted by molar-refractivity contribution is 6.35. The van der Waals surface area contributed by atoms with Crippen molar-refractivity contribution in [2.75, 3.05) is 13.1 Å². The van der Waals surface area contributed by atoms with E-state index in [0.717, 1.165) is 23.9 Å².